The fourth-order valence-electron chi connectivity index (χ4n) is 2.68. The highest BCUT2D eigenvalue weighted by molar-refractivity contribution is 5.87. The minimum absolute atomic E-state index is 0.0809. The molecule has 0 aliphatic heterocycles. The summed E-state index contributed by atoms with van der Waals surface area (Å²) in [5.41, 5.74) is -0.220. The van der Waals surface area contributed by atoms with Crippen molar-refractivity contribution in [1.82, 2.24) is 5.32 Å². The number of carbonyl (C=O) groups excluding carboxylic acids is 1. The molecule has 0 unspecified atom stereocenters. The summed E-state index contributed by atoms with van der Waals surface area (Å²) in [6.45, 7) is 8.38. The number of amides is 1. The number of nitrogens with one attached hydrogen (secondary N) is 1. The second-order valence-electron chi connectivity index (χ2n) is 6.50. The van der Waals surface area contributed by atoms with Gasteiger partial charge in [0.2, 0.25) is 5.91 Å². The predicted octanol–water partition coefficient (Wildman–Crippen LogP) is 3.41. The van der Waals surface area contributed by atoms with Gasteiger partial charge in [-0.05, 0) is 56.2 Å². The lowest BCUT2D eigenvalue weighted by atomic mass is 9.78. The maximum Gasteiger partial charge on any atom is 0.230 e. The van der Waals surface area contributed by atoms with E-state index in [-0.39, 0.29) is 23.7 Å². The molecule has 0 spiro atoms. The molecule has 3 nitrogen and oxygen atoms in total. The average molecular weight is 309 g/mol. The van der Waals surface area contributed by atoms with Gasteiger partial charge in [0.15, 0.2) is 0 Å². The van der Waals surface area contributed by atoms with Crippen LogP contribution in [-0.4, -0.2) is 24.2 Å². The number of aliphatic hydroxyl groups is 1. The van der Waals surface area contributed by atoms with E-state index in [0.717, 1.165) is 12.8 Å². The Morgan fingerprint density at radius 2 is 1.91 bits per heavy atom. The van der Waals surface area contributed by atoms with E-state index in [1.165, 1.54) is 12.1 Å². The largest absolute Gasteiger partial charge is 0.396 e. The first-order chi connectivity index (χ1) is 10.3. The van der Waals surface area contributed by atoms with E-state index < -0.39 is 5.41 Å². The van der Waals surface area contributed by atoms with Gasteiger partial charge in [0.1, 0.15) is 5.82 Å². The summed E-state index contributed by atoms with van der Waals surface area (Å²) >= 11 is 0. The van der Waals surface area contributed by atoms with Crippen LogP contribution in [0.15, 0.2) is 24.3 Å². The highest BCUT2D eigenvalue weighted by Gasteiger charge is 2.33. The Hall–Kier alpha value is -1.42. The molecule has 0 bridgehead atoms. The normalized spacial score (nSPS) is 12.3. The van der Waals surface area contributed by atoms with E-state index in [1.54, 1.807) is 26.0 Å². The van der Waals surface area contributed by atoms with Crippen LogP contribution < -0.4 is 5.32 Å². The number of rotatable bonds is 8. The molecule has 1 rings (SSSR count). The lowest BCUT2D eigenvalue weighted by Crippen LogP contribution is -2.45. The lowest BCUT2D eigenvalue weighted by Gasteiger charge is -2.33. The molecule has 0 aliphatic carbocycles. The molecule has 0 saturated heterocycles. The van der Waals surface area contributed by atoms with Crippen molar-refractivity contribution < 1.29 is 14.3 Å². The Balaban J connectivity index is 2.83. The maximum atomic E-state index is 13.4. The molecule has 124 valence electrons. The van der Waals surface area contributed by atoms with Gasteiger partial charge in [-0.15, -0.1) is 0 Å². The van der Waals surface area contributed by atoms with Crippen molar-refractivity contribution >= 4 is 5.91 Å². The third-order valence-electron chi connectivity index (χ3n) is 4.88. The van der Waals surface area contributed by atoms with E-state index in [4.69, 9.17) is 0 Å². The van der Waals surface area contributed by atoms with Crippen LogP contribution in [0.5, 0.6) is 0 Å². The number of halogens is 1. The Bertz CT molecular complexity index is 496. The Morgan fingerprint density at radius 1 is 1.27 bits per heavy atom. The zero-order valence-corrected chi connectivity index (χ0v) is 14.1. The molecule has 22 heavy (non-hydrogen) atoms. The van der Waals surface area contributed by atoms with E-state index in [2.05, 4.69) is 19.2 Å². The first-order valence-corrected chi connectivity index (χ1v) is 7.96. The Labute approximate surface area is 132 Å². The summed E-state index contributed by atoms with van der Waals surface area (Å²) in [6.07, 6.45) is 2.45. The molecule has 1 aromatic carbocycles. The van der Waals surface area contributed by atoms with Gasteiger partial charge < -0.3 is 10.4 Å². The summed E-state index contributed by atoms with van der Waals surface area (Å²) in [7, 11) is 0. The van der Waals surface area contributed by atoms with E-state index in [0.29, 0.717) is 18.5 Å². The van der Waals surface area contributed by atoms with Crippen LogP contribution in [0.4, 0.5) is 4.39 Å². The first kappa shape index (κ1) is 18.6. The SMILES string of the molecule is CCC(CC)(CCO)CNC(=O)C(C)(C)c1cccc(F)c1. The van der Waals surface area contributed by atoms with Crippen molar-refractivity contribution in [2.45, 2.75) is 52.4 Å². The van der Waals surface area contributed by atoms with Crippen molar-refractivity contribution in [3.8, 4) is 0 Å². The third kappa shape index (κ3) is 4.29. The van der Waals surface area contributed by atoms with Gasteiger partial charge in [-0.1, -0.05) is 26.0 Å². The van der Waals surface area contributed by atoms with E-state index >= 15 is 0 Å². The van der Waals surface area contributed by atoms with Gasteiger partial charge in [0.05, 0.1) is 5.41 Å². The summed E-state index contributed by atoms with van der Waals surface area (Å²) in [5, 5.41) is 12.2. The maximum absolute atomic E-state index is 13.4. The van der Waals surface area contributed by atoms with Crippen LogP contribution in [0.2, 0.25) is 0 Å². The molecule has 2 N–H and O–H groups in total. The molecule has 0 heterocycles. The van der Waals surface area contributed by atoms with Gasteiger partial charge in [-0.3, -0.25) is 4.79 Å². The highest BCUT2D eigenvalue weighted by Crippen LogP contribution is 2.30. The number of benzene rings is 1. The van der Waals surface area contributed by atoms with Crippen molar-refractivity contribution in [3.05, 3.63) is 35.6 Å². The Kier molecular flexibility index (Phi) is 6.54. The molecule has 0 fully saturated rings. The molecule has 4 heteroatoms. The highest BCUT2D eigenvalue weighted by atomic mass is 19.1. The minimum Gasteiger partial charge on any atom is -0.396 e. The molecule has 1 aromatic rings. The van der Waals surface area contributed by atoms with Gasteiger partial charge in [-0.2, -0.15) is 0 Å². The second-order valence-corrected chi connectivity index (χ2v) is 6.50. The number of aliphatic hydroxyl groups excluding tert-OH is 1. The van der Waals surface area contributed by atoms with Gasteiger partial charge in [0.25, 0.3) is 0 Å². The zero-order chi connectivity index (χ0) is 16.8. The molecular formula is C18H28FNO2. The molecule has 0 saturated carbocycles. The molecule has 0 aliphatic rings. The monoisotopic (exact) mass is 309 g/mol. The third-order valence-corrected chi connectivity index (χ3v) is 4.88. The number of carbonyl (C=O) groups is 1. The Morgan fingerprint density at radius 3 is 2.41 bits per heavy atom. The molecule has 0 aromatic heterocycles. The quantitative estimate of drug-likeness (QED) is 0.773. The topological polar surface area (TPSA) is 49.3 Å². The van der Waals surface area contributed by atoms with Crippen LogP contribution in [0, 0.1) is 11.2 Å². The lowest BCUT2D eigenvalue weighted by molar-refractivity contribution is -0.126. The summed E-state index contributed by atoms with van der Waals surface area (Å²) < 4.78 is 13.4. The first-order valence-electron chi connectivity index (χ1n) is 7.96. The van der Waals surface area contributed by atoms with E-state index in [1.807, 2.05) is 0 Å². The van der Waals surface area contributed by atoms with Crippen LogP contribution in [0.3, 0.4) is 0 Å². The number of hydrogen-bond donors (Lipinski definition) is 2. The van der Waals surface area contributed by atoms with Crippen molar-refractivity contribution in [2.24, 2.45) is 5.41 Å². The van der Waals surface area contributed by atoms with Gasteiger partial charge >= 0.3 is 0 Å². The van der Waals surface area contributed by atoms with Crippen molar-refractivity contribution in [1.29, 1.82) is 0 Å². The fourth-order valence-corrected chi connectivity index (χ4v) is 2.68. The standard InChI is InChI=1S/C18H28FNO2/c1-5-18(6-2,10-11-21)13-20-16(22)17(3,4)14-8-7-9-15(19)12-14/h7-9,12,21H,5-6,10-11,13H2,1-4H3,(H,20,22). The van der Waals surface area contributed by atoms with Crippen molar-refractivity contribution in [2.75, 3.05) is 13.2 Å². The van der Waals surface area contributed by atoms with Gasteiger partial charge in [-0.25, -0.2) is 4.39 Å². The second kappa shape index (κ2) is 7.73. The molecule has 0 radical (unpaired) electrons. The fraction of sp³-hybridized carbons (Fsp3) is 0.611. The molecular weight excluding hydrogens is 281 g/mol. The molecule has 1 amide bonds. The average Bonchev–Trinajstić information content (AvgIpc) is 2.51. The van der Waals surface area contributed by atoms with Crippen LogP contribution in [0.1, 0.15) is 52.5 Å². The smallest absolute Gasteiger partial charge is 0.230 e. The summed E-state index contributed by atoms with van der Waals surface area (Å²) in [5.74, 6) is -0.461. The molecule has 0 atom stereocenters. The summed E-state index contributed by atoms with van der Waals surface area (Å²) in [4.78, 5) is 12.6. The summed E-state index contributed by atoms with van der Waals surface area (Å²) in [6, 6.07) is 6.16. The number of hydrogen-bond acceptors (Lipinski definition) is 2. The van der Waals surface area contributed by atoms with Crippen LogP contribution in [-0.2, 0) is 10.2 Å². The van der Waals surface area contributed by atoms with Crippen molar-refractivity contribution in [3.63, 3.8) is 0 Å². The van der Waals surface area contributed by atoms with Crippen LogP contribution in [0.25, 0.3) is 0 Å². The predicted molar refractivity (Wildman–Crippen MR) is 87.2 cm³/mol. The van der Waals surface area contributed by atoms with E-state index in [9.17, 15) is 14.3 Å². The van der Waals surface area contributed by atoms with Crippen LogP contribution >= 0.6 is 0 Å². The minimum atomic E-state index is -0.797. The van der Waals surface area contributed by atoms with Gasteiger partial charge in [0, 0.05) is 13.2 Å². The zero-order valence-electron chi connectivity index (χ0n) is 14.1.